The number of H-pyrrole nitrogens is 1. The Labute approximate surface area is 144 Å². The van der Waals surface area contributed by atoms with Crippen LogP contribution < -0.4 is 16.6 Å². The van der Waals surface area contributed by atoms with Crippen molar-refractivity contribution in [2.24, 2.45) is 4.99 Å². The van der Waals surface area contributed by atoms with Crippen molar-refractivity contribution in [3.63, 3.8) is 0 Å². The topological polar surface area (TPSA) is 172 Å². The number of hydrogen-bond donors (Lipinski definition) is 7. The lowest BCUT2D eigenvalue weighted by atomic mass is 10.1. The second-order valence-corrected chi connectivity index (χ2v) is 6.71. The monoisotopic (exact) mass is 391 g/mol. The first-order valence-corrected chi connectivity index (χ1v) is 8.57. The predicted octanol–water partition coefficient (Wildman–Crippen LogP) is 0.228. The van der Waals surface area contributed by atoms with E-state index in [1.807, 2.05) is 0 Å². The number of nitrogen functional groups attached to an aromatic ring is 1. The fourth-order valence-electron chi connectivity index (χ4n) is 1.95. The van der Waals surface area contributed by atoms with E-state index in [1.54, 1.807) is 0 Å². The van der Waals surface area contributed by atoms with Gasteiger partial charge in [0.05, 0.1) is 4.91 Å². The SMILES string of the molecule is Nc1nc2c(c(=O)[nH]1)NC1C(=N2)O/C(=C\OP(=O)(O)O)C(S)=C1S. The molecule has 1 atom stereocenters. The zero-order valence-corrected chi connectivity index (χ0v) is 14.2. The van der Waals surface area contributed by atoms with Gasteiger partial charge in [-0.1, -0.05) is 0 Å². The average molecular weight is 391 g/mol. The van der Waals surface area contributed by atoms with Crippen molar-refractivity contribution < 1.29 is 23.6 Å². The molecular formula is C10H10N5O6PS2. The van der Waals surface area contributed by atoms with Crippen LogP contribution in [0.1, 0.15) is 0 Å². The van der Waals surface area contributed by atoms with Gasteiger partial charge in [0.1, 0.15) is 18.0 Å². The highest BCUT2D eigenvalue weighted by molar-refractivity contribution is 7.88. The van der Waals surface area contributed by atoms with E-state index >= 15 is 0 Å². The molecular weight excluding hydrogens is 381 g/mol. The summed E-state index contributed by atoms with van der Waals surface area (Å²) in [6, 6.07) is -0.730. The minimum Gasteiger partial charge on any atom is -0.436 e. The maximum atomic E-state index is 11.9. The Morgan fingerprint density at radius 1 is 1.42 bits per heavy atom. The number of aromatic nitrogens is 2. The number of nitrogens with zero attached hydrogens (tertiary/aromatic N) is 2. The average Bonchev–Trinajstić information content (AvgIpc) is 2.47. The third-order valence-corrected chi connectivity index (χ3v) is 4.43. The van der Waals surface area contributed by atoms with Crippen molar-refractivity contribution in [1.29, 1.82) is 0 Å². The summed E-state index contributed by atoms with van der Waals surface area (Å²) >= 11 is 8.45. The molecule has 1 aromatic rings. The Bertz CT molecular complexity index is 919. The highest BCUT2D eigenvalue weighted by atomic mass is 32.1. The summed E-state index contributed by atoms with van der Waals surface area (Å²) in [5.74, 6) is -0.217. The number of ether oxygens (including phenoxy) is 1. The molecule has 0 fully saturated rings. The van der Waals surface area contributed by atoms with Crippen molar-refractivity contribution in [1.82, 2.24) is 9.97 Å². The van der Waals surface area contributed by atoms with Gasteiger partial charge in [-0.05, 0) is 0 Å². The second kappa shape index (κ2) is 5.86. The van der Waals surface area contributed by atoms with E-state index in [0.29, 0.717) is 11.2 Å². The maximum absolute atomic E-state index is 11.9. The molecule has 0 bridgehead atoms. The van der Waals surface area contributed by atoms with Gasteiger partial charge >= 0.3 is 7.82 Å². The van der Waals surface area contributed by atoms with Gasteiger partial charge in [-0.25, -0.2) is 4.57 Å². The van der Waals surface area contributed by atoms with Crippen molar-refractivity contribution in [3.05, 3.63) is 32.2 Å². The van der Waals surface area contributed by atoms with Crippen LogP contribution in [0.5, 0.6) is 0 Å². The van der Waals surface area contributed by atoms with E-state index in [-0.39, 0.29) is 34.0 Å². The highest BCUT2D eigenvalue weighted by Crippen LogP contribution is 2.40. The number of aromatic amines is 1. The molecule has 0 aromatic carbocycles. The summed E-state index contributed by atoms with van der Waals surface area (Å²) in [6.07, 6.45) is 0.702. The minimum absolute atomic E-state index is 0.00139. The zero-order valence-electron chi connectivity index (χ0n) is 11.5. The molecule has 0 aliphatic carbocycles. The van der Waals surface area contributed by atoms with Crippen LogP contribution in [0.25, 0.3) is 0 Å². The lowest BCUT2D eigenvalue weighted by Crippen LogP contribution is -2.39. The molecule has 14 heteroatoms. The molecule has 11 nitrogen and oxygen atoms in total. The normalized spacial score (nSPS) is 21.4. The van der Waals surface area contributed by atoms with Gasteiger partial charge in [0.15, 0.2) is 11.6 Å². The first-order valence-electron chi connectivity index (χ1n) is 6.15. The number of rotatable bonds is 2. The quantitative estimate of drug-likeness (QED) is 0.212. The van der Waals surface area contributed by atoms with Crippen LogP contribution >= 0.6 is 33.1 Å². The number of nitrogens with two attached hydrogens (primary N) is 1. The number of phosphoric acid groups is 1. The van der Waals surface area contributed by atoms with Crippen LogP contribution in [-0.4, -0.2) is 31.7 Å². The van der Waals surface area contributed by atoms with E-state index in [0.717, 1.165) is 0 Å². The third-order valence-electron chi connectivity index (χ3n) is 2.93. The number of fused-ring (bicyclic) bond motifs is 2. The Hall–Kier alpha value is -1.92. The number of phosphoric ester groups is 1. The molecule has 0 spiro atoms. The fourth-order valence-corrected chi connectivity index (χ4v) is 2.70. The zero-order chi connectivity index (χ0) is 17.6. The Morgan fingerprint density at radius 3 is 2.79 bits per heavy atom. The lowest BCUT2D eigenvalue weighted by Gasteiger charge is -2.31. The highest BCUT2D eigenvalue weighted by Gasteiger charge is 2.35. The summed E-state index contributed by atoms with van der Waals surface area (Å²) in [7, 11) is -4.75. The number of nitrogens with one attached hydrogen (secondary N) is 2. The van der Waals surface area contributed by atoms with Crippen molar-refractivity contribution in [3.8, 4) is 0 Å². The van der Waals surface area contributed by atoms with Crippen molar-refractivity contribution >= 4 is 56.4 Å². The molecule has 0 saturated carbocycles. The van der Waals surface area contributed by atoms with Gasteiger partial charge in [0.25, 0.3) is 5.56 Å². The second-order valence-electron chi connectivity index (χ2n) is 4.59. The molecule has 128 valence electrons. The summed E-state index contributed by atoms with van der Waals surface area (Å²) < 4.78 is 20.5. The van der Waals surface area contributed by atoms with E-state index in [4.69, 9.17) is 20.3 Å². The summed E-state index contributed by atoms with van der Waals surface area (Å²) in [6.45, 7) is 0. The molecule has 3 rings (SSSR count). The molecule has 2 aliphatic rings. The Kier molecular flexibility index (Phi) is 4.13. The molecule has 0 saturated heterocycles. The summed E-state index contributed by atoms with van der Waals surface area (Å²) in [5, 5.41) is 2.85. The molecule has 24 heavy (non-hydrogen) atoms. The number of anilines is 2. The molecule has 6 N–H and O–H groups in total. The third kappa shape index (κ3) is 3.16. The van der Waals surface area contributed by atoms with Crippen LogP contribution in [0.4, 0.5) is 17.5 Å². The van der Waals surface area contributed by atoms with Crippen LogP contribution in [0.2, 0.25) is 0 Å². The fraction of sp³-hybridized carbons (Fsp3) is 0.100. The van der Waals surface area contributed by atoms with Gasteiger partial charge in [0.2, 0.25) is 11.8 Å². The molecule has 0 amide bonds. The van der Waals surface area contributed by atoms with Crippen molar-refractivity contribution in [2.45, 2.75) is 6.04 Å². The summed E-state index contributed by atoms with van der Waals surface area (Å²) in [4.78, 5) is 40.1. The van der Waals surface area contributed by atoms with E-state index in [9.17, 15) is 9.36 Å². The van der Waals surface area contributed by atoms with E-state index < -0.39 is 19.4 Å². The molecule has 3 heterocycles. The molecule has 1 aromatic heterocycles. The molecule has 2 aliphatic heterocycles. The van der Waals surface area contributed by atoms with Gasteiger partial charge in [-0.2, -0.15) is 9.98 Å². The van der Waals surface area contributed by atoms with Crippen molar-refractivity contribution in [2.75, 3.05) is 11.1 Å². The number of thiol groups is 2. The summed E-state index contributed by atoms with van der Waals surface area (Å²) in [5.41, 5.74) is 5.02. The smallest absolute Gasteiger partial charge is 0.436 e. The first kappa shape index (κ1) is 16.9. The van der Waals surface area contributed by atoms with Gasteiger partial charge < -0.3 is 20.3 Å². The van der Waals surface area contributed by atoms with Gasteiger partial charge in [-0.3, -0.25) is 19.6 Å². The number of aliphatic imine (C=N–C) groups is 1. The minimum atomic E-state index is -4.75. The molecule has 1 unspecified atom stereocenters. The molecule has 0 radical (unpaired) electrons. The van der Waals surface area contributed by atoms with E-state index in [1.165, 1.54) is 0 Å². The van der Waals surface area contributed by atoms with Gasteiger partial charge in [0, 0.05) is 4.91 Å². The number of hydrogen-bond acceptors (Lipinski definition) is 10. The standard InChI is InChI=1S/C10H10N5O6PS2/c11-10-14-7-4(8(16)15-10)12-3-6(24)5(23)2(21-9(3)13-7)1-20-22(17,18)19/h1,3,12,23-24H,(H2,17,18,19)(H3,11,14,15,16)/b2-1-. The van der Waals surface area contributed by atoms with Crippen LogP contribution in [0.3, 0.4) is 0 Å². The Morgan fingerprint density at radius 2 is 2.12 bits per heavy atom. The Balaban J connectivity index is 2.05. The van der Waals surface area contributed by atoms with E-state index in [2.05, 4.69) is 50.1 Å². The van der Waals surface area contributed by atoms with Crippen LogP contribution in [0.15, 0.2) is 31.6 Å². The lowest BCUT2D eigenvalue weighted by molar-refractivity contribution is 0.249. The predicted molar refractivity (Wildman–Crippen MR) is 91.1 cm³/mol. The largest absolute Gasteiger partial charge is 0.524 e. The van der Waals surface area contributed by atoms with Crippen LogP contribution in [0, 0.1) is 0 Å². The van der Waals surface area contributed by atoms with Gasteiger partial charge in [-0.15, -0.1) is 25.3 Å². The first-order chi connectivity index (χ1) is 11.2. The van der Waals surface area contributed by atoms with Crippen LogP contribution in [-0.2, 0) is 13.8 Å². The maximum Gasteiger partial charge on any atom is 0.524 e.